The highest BCUT2D eigenvalue weighted by molar-refractivity contribution is 6.36. The highest BCUT2D eigenvalue weighted by atomic mass is 35.5. The molecule has 0 saturated heterocycles. The topological polar surface area (TPSA) is 109 Å². The number of alkyl halides is 3. The largest absolute Gasteiger partial charge is 0.433 e. The molecule has 0 spiro atoms. The zero-order valence-electron chi connectivity index (χ0n) is 19.6. The summed E-state index contributed by atoms with van der Waals surface area (Å²) < 4.78 is 43.4. The molecule has 8 nitrogen and oxygen atoms in total. The van der Waals surface area contributed by atoms with Gasteiger partial charge in [-0.25, -0.2) is 9.97 Å². The lowest BCUT2D eigenvalue weighted by atomic mass is 9.96. The van der Waals surface area contributed by atoms with Gasteiger partial charge in [-0.2, -0.15) is 18.3 Å². The summed E-state index contributed by atoms with van der Waals surface area (Å²) in [5.74, 6) is -0.313. The molecule has 1 aliphatic carbocycles. The average Bonchev–Trinajstić information content (AvgIpc) is 3.38. The van der Waals surface area contributed by atoms with E-state index >= 15 is 0 Å². The van der Waals surface area contributed by atoms with Gasteiger partial charge < -0.3 is 15.4 Å². The molecule has 1 amide bonds. The van der Waals surface area contributed by atoms with Gasteiger partial charge in [0.1, 0.15) is 6.33 Å². The van der Waals surface area contributed by atoms with Crippen LogP contribution in [0.3, 0.4) is 0 Å². The Morgan fingerprint density at radius 3 is 2.70 bits per heavy atom. The second-order valence-electron chi connectivity index (χ2n) is 8.90. The first-order valence-electron chi connectivity index (χ1n) is 11.5. The number of aromatic nitrogens is 5. The third kappa shape index (κ3) is 4.96. The van der Waals surface area contributed by atoms with Gasteiger partial charge in [0.2, 0.25) is 0 Å². The summed E-state index contributed by atoms with van der Waals surface area (Å²) in [6, 6.07) is 6.66. The molecule has 0 aliphatic heterocycles. The molecule has 1 atom stereocenters. The van der Waals surface area contributed by atoms with Crippen LogP contribution in [0.5, 0.6) is 0 Å². The van der Waals surface area contributed by atoms with E-state index < -0.39 is 18.0 Å². The van der Waals surface area contributed by atoms with Crippen molar-refractivity contribution in [3.05, 3.63) is 65.5 Å². The highest BCUT2D eigenvalue weighted by Crippen LogP contribution is 2.45. The first-order chi connectivity index (χ1) is 17.6. The number of amides is 1. The van der Waals surface area contributed by atoms with E-state index in [9.17, 15) is 23.1 Å². The SMILES string of the molecule is C[C@@H](O)Cn1ncc(-c2[nH]cc(-c3cccc(C(=O)NC4CC4)c3Cl)c2-c2ccncn2)c1C(F)(F)F. The van der Waals surface area contributed by atoms with E-state index in [1.54, 1.807) is 24.3 Å². The number of halogens is 4. The van der Waals surface area contributed by atoms with E-state index in [1.807, 2.05) is 0 Å². The summed E-state index contributed by atoms with van der Waals surface area (Å²) in [5, 5.41) is 16.7. The third-order valence-corrected chi connectivity index (χ3v) is 6.39. The standard InChI is InChI=1S/C25H22ClF3N6O2/c1-13(36)11-35-23(25(27,28)29)18(10-33-35)22-20(19-7-8-30-12-32-19)17(9-31-22)15-3-2-4-16(21(15)26)24(37)34-14-5-6-14/h2-4,7-10,12-14,31,36H,5-6,11H2,1H3,(H,34,37)/t13-/m1/s1. The maximum Gasteiger partial charge on any atom is 0.433 e. The van der Waals surface area contributed by atoms with E-state index in [0.29, 0.717) is 22.4 Å². The van der Waals surface area contributed by atoms with Crippen LogP contribution in [0.2, 0.25) is 5.02 Å². The lowest BCUT2D eigenvalue weighted by molar-refractivity contribution is -0.144. The second-order valence-corrected chi connectivity index (χ2v) is 9.28. The molecule has 4 aromatic rings. The van der Waals surface area contributed by atoms with Crippen molar-refractivity contribution in [1.29, 1.82) is 0 Å². The Hall–Kier alpha value is -3.70. The fourth-order valence-electron chi connectivity index (χ4n) is 4.22. The van der Waals surface area contributed by atoms with Crippen molar-refractivity contribution in [2.75, 3.05) is 0 Å². The first-order valence-corrected chi connectivity index (χ1v) is 11.9. The normalized spacial score (nSPS) is 14.5. The van der Waals surface area contributed by atoms with Crippen molar-refractivity contribution in [2.45, 2.75) is 44.6 Å². The van der Waals surface area contributed by atoms with Gasteiger partial charge in [-0.3, -0.25) is 9.48 Å². The number of nitrogens with one attached hydrogen (secondary N) is 2. The molecule has 0 radical (unpaired) electrons. The molecule has 12 heteroatoms. The van der Waals surface area contributed by atoms with Crippen molar-refractivity contribution in [3.8, 4) is 33.6 Å². The molecule has 3 aromatic heterocycles. The van der Waals surface area contributed by atoms with Crippen LogP contribution in [-0.2, 0) is 12.7 Å². The number of hydrogen-bond acceptors (Lipinski definition) is 5. The maximum absolute atomic E-state index is 14.2. The van der Waals surface area contributed by atoms with Gasteiger partial charge in [0.25, 0.3) is 5.91 Å². The summed E-state index contributed by atoms with van der Waals surface area (Å²) in [7, 11) is 0. The number of aromatic amines is 1. The molecule has 5 rings (SSSR count). The first kappa shape index (κ1) is 25.0. The maximum atomic E-state index is 14.2. The number of rotatable bonds is 7. The monoisotopic (exact) mass is 530 g/mol. The van der Waals surface area contributed by atoms with Gasteiger partial charge in [-0.1, -0.05) is 23.7 Å². The molecule has 37 heavy (non-hydrogen) atoms. The number of aliphatic hydroxyl groups excluding tert-OH is 1. The van der Waals surface area contributed by atoms with Crippen molar-refractivity contribution in [1.82, 2.24) is 30.0 Å². The van der Waals surface area contributed by atoms with Crippen LogP contribution in [-0.4, -0.2) is 47.9 Å². The van der Waals surface area contributed by atoms with E-state index in [0.717, 1.165) is 23.7 Å². The van der Waals surface area contributed by atoms with E-state index in [4.69, 9.17) is 11.6 Å². The molecular weight excluding hydrogens is 509 g/mol. The van der Waals surface area contributed by atoms with Gasteiger partial charge in [0.05, 0.1) is 40.8 Å². The van der Waals surface area contributed by atoms with Crippen molar-refractivity contribution < 1.29 is 23.1 Å². The van der Waals surface area contributed by atoms with Crippen LogP contribution >= 0.6 is 11.6 Å². The van der Waals surface area contributed by atoms with Gasteiger partial charge >= 0.3 is 6.18 Å². The molecule has 0 unspecified atom stereocenters. The van der Waals surface area contributed by atoms with Crippen LogP contribution in [0.25, 0.3) is 33.6 Å². The van der Waals surface area contributed by atoms with E-state index in [-0.39, 0.29) is 40.3 Å². The summed E-state index contributed by atoms with van der Waals surface area (Å²) in [4.78, 5) is 23.9. The number of nitrogens with zero attached hydrogens (tertiary/aromatic N) is 4. The van der Waals surface area contributed by atoms with E-state index in [1.165, 1.54) is 25.6 Å². The van der Waals surface area contributed by atoms with Gasteiger partial charge in [-0.15, -0.1) is 0 Å². The second kappa shape index (κ2) is 9.64. The van der Waals surface area contributed by atoms with Crippen molar-refractivity contribution >= 4 is 17.5 Å². The van der Waals surface area contributed by atoms with Crippen LogP contribution in [0, 0.1) is 0 Å². The summed E-state index contributed by atoms with van der Waals surface area (Å²) in [6.45, 7) is 1.05. The molecule has 0 bridgehead atoms. The zero-order valence-corrected chi connectivity index (χ0v) is 20.3. The van der Waals surface area contributed by atoms with Crippen LogP contribution in [0.1, 0.15) is 35.8 Å². The van der Waals surface area contributed by atoms with Crippen molar-refractivity contribution in [2.24, 2.45) is 0 Å². The number of benzene rings is 1. The zero-order chi connectivity index (χ0) is 26.3. The fraction of sp³-hybridized carbons (Fsp3) is 0.280. The third-order valence-electron chi connectivity index (χ3n) is 5.98. The van der Waals surface area contributed by atoms with Crippen LogP contribution < -0.4 is 5.32 Å². The van der Waals surface area contributed by atoms with Crippen LogP contribution in [0.15, 0.2) is 49.2 Å². The lowest BCUT2D eigenvalue weighted by Gasteiger charge is -2.15. The number of H-pyrrole nitrogens is 1. The fourth-order valence-corrected chi connectivity index (χ4v) is 4.53. The Bertz CT molecular complexity index is 1440. The summed E-state index contributed by atoms with van der Waals surface area (Å²) >= 11 is 6.69. The Labute approximate surface area is 214 Å². The Morgan fingerprint density at radius 2 is 2.05 bits per heavy atom. The van der Waals surface area contributed by atoms with Gasteiger partial charge in [0, 0.05) is 40.7 Å². The minimum absolute atomic E-state index is 0.113. The average molecular weight is 531 g/mol. The minimum atomic E-state index is -4.76. The highest BCUT2D eigenvalue weighted by Gasteiger charge is 2.40. The smallest absolute Gasteiger partial charge is 0.391 e. The number of carbonyl (C=O) groups is 1. The predicted octanol–water partition coefficient (Wildman–Crippen LogP) is 4.95. The Morgan fingerprint density at radius 1 is 1.27 bits per heavy atom. The molecule has 1 fully saturated rings. The van der Waals surface area contributed by atoms with Gasteiger partial charge in [0.15, 0.2) is 5.69 Å². The van der Waals surface area contributed by atoms with E-state index in [2.05, 4.69) is 25.4 Å². The molecular formula is C25H22ClF3N6O2. The summed E-state index contributed by atoms with van der Waals surface area (Å²) in [6.07, 6.45) is 1.42. The van der Waals surface area contributed by atoms with Crippen LogP contribution in [0.4, 0.5) is 13.2 Å². The predicted molar refractivity (Wildman–Crippen MR) is 131 cm³/mol. The molecule has 192 valence electrons. The molecule has 1 aliphatic rings. The lowest BCUT2D eigenvalue weighted by Crippen LogP contribution is -2.25. The van der Waals surface area contributed by atoms with Crippen molar-refractivity contribution in [3.63, 3.8) is 0 Å². The quantitative estimate of drug-likeness (QED) is 0.313. The summed E-state index contributed by atoms with van der Waals surface area (Å²) in [5.41, 5.74) is 0.743. The Balaban J connectivity index is 1.70. The number of hydrogen-bond donors (Lipinski definition) is 3. The van der Waals surface area contributed by atoms with Gasteiger partial charge in [-0.05, 0) is 31.9 Å². The molecule has 3 heterocycles. The molecule has 1 saturated carbocycles. The molecule has 1 aromatic carbocycles. The molecule has 3 N–H and O–H groups in total. The minimum Gasteiger partial charge on any atom is -0.391 e. The number of carbonyl (C=O) groups excluding carboxylic acids is 1. The Kier molecular flexibility index (Phi) is 6.50. The number of aliphatic hydroxyl groups is 1.